The Balaban J connectivity index is 1.74. The van der Waals surface area contributed by atoms with E-state index in [1.165, 1.54) is 24.3 Å². The van der Waals surface area contributed by atoms with Gasteiger partial charge in [0, 0.05) is 16.6 Å². The lowest BCUT2D eigenvalue weighted by Crippen LogP contribution is -2.27. The quantitative estimate of drug-likeness (QED) is 0.363. The zero-order valence-corrected chi connectivity index (χ0v) is 16.3. The number of benzene rings is 2. The summed E-state index contributed by atoms with van der Waals surface area (Å²) in [5.74, 6) is -0.387. The van der Waals surface area contributed by atoms with Crippen LogP contribution in [0.4, 0.5) is 10.5 Å². The van der Waals surface area contributed by atoms with E-state index in [1.54, 1.807) is 6.08 Å². The Labute approximate surface area is 167 Å². The van der Waals surface area contributed by atoms with Crippen molar-refractivity contribution in [2.45, 2.75) is 6.54 Å². The van der Waals surface area contributed by atoms with Gasteiger partial charge in [0.05, 0.1) is 16.4 Å². The minimum absolute atomic E-state index is 0.0391. The van der Waals surface area contributed by atoms with E-state index in [0.717, 1.165) is 22.2 Å². The summed E-state index contributed by atoms with van der Waals surface area (Å²) in [4.78, 5) is 36.4. The summed E-state index contributed by atoms with van der Waals surface area (Å²) in [7, 11) is 0. The molecule has 6 nitrogen and oxygen atoms in total. The molecule has 0 bridgehead atoms. The minimum Gasteiger partial charge on any atom is -0.268 e. The Hall–Kier alpha value is -2.71. The molecule has 0 radical (unpaired) electrons. The third-order valence-corrected chi connectivity index (χ3v) is 5.10. The molecule has 1 aliphatic heterocycles. The summed E-state index contributed by atoms with van der Waals surface area (Å²) >= 11 is 4.27. The first-order valence-electron chi connectivity index (χ1n) is 7.85. The van der Waals surface area contributed by atoms with Crippen LogP contribution in [0.3, 0.4) is 0 Å². The number of non-ortho nitro benzene ring substituents is 1. The monoisotopic (exact) mass is 444 g/mol. The van der Waals surface area contributed by atoms with Gasteiger partial charge in [-0.3, -0.25) is 24.6 Å². The van der Waals surface area contributed by atoms with Crippen LogP contribution in [-0.4, -0.2) is 21.0 Å². The van der Waals surface area contributed by atoms with E-state index in [0.29, 0.717) is 15.0 Å². The Morgan fingerprint density at radius 1 is 1.11 bits per heavy atom. The van der Waals surface area contributed by atoms with Crippen molar-refractivity contribution in [1.29, 1.82) is 0 Å². The molecule has 2 aromatic carbocycles. The van der Waals surface area contributed by atoms with E-state index in [9.17, 15) is 19.7 Å². The standard InChI is InChI=1S/C19H13BrN2O4S/c20-15(10-13-4-2-1-3-5-13)11-17-18(23)21(19(24)27-17)12-14-6-8-16(9-7-14)22(25)26/h1-11H,12H2/b15-10-,17-11-. The Morgan fingerprint density at radius 3 is 2.41 bits per heavy atom. The number of nitro benzene ring substituents is 1. The van der Waals surface area contributed by atoms with Gasteiger partial charge < -0.3 is 0 Å². The van der Waals surface area contributed by atoms with Gasteiger partial charge in [0.2, 0.25) is 0 Å². The predicted octanol–water partition coefficient (Wildman–Crippen LogP) is 5.11. The predicted molar refractivity (Wildman–Crippen MR) is 108 cm³/mol. The van der Waals surface area contributed by atoms with Crippen LogP contribution in [0.15, 0.2) is 70.1 Å². The van der Waals surface area contributed by atoms with E-state index in [4.69, 9.17) is 0 Å². The number of thioether (sulfide) groups is 1. The highest BCUT2D eigenvalue weighted by Crippen LogP contribution is 2.33. The second-order valence-corrected chi connectivity index (χ2v) is 7.54. The number of nitrogens with zero attached hydrogens (tertiary/aromatic N) is 2. The van der Waals surface area contributed by atoms with Crippen LogP contribution >= 0.6 is 27.7 Å². The molecule has 0 aliphatic carbocycles. The highest BCUT2D eigenvalue weighted by atomic mass is 79.9. The zero-order valence-electron chi connectivity index (χ0n) is 13.9. The molecule has 0 unspecified atom stereocenters. The van der Waals surface area contributed by atoms with Crippen molar-refractivity contribution < 1.29 is 14.5 Å². The topological polar surface area (TPSA) is 80.5 Å². The number of carbonyl (C=O) groups is 2. The third kappa shape index (κ3) is 4.72. The first kappa shape index (κ1) is 19.1. The maximum Gasteiger partial charge on any atom is 0.293 e. The van der Waals surface area contributed by atoms with Gasteiger partial charge in [-0.05, 0) is 35.0 Å². The molecule has 1 saturated heterocycles. The van der Waals surface area contributed by atoms with Crippen molar-refractivity contribution in [3.8, 4) is 0 Å². The lowest BCUT2D eigenvalue weighted by atomic mass is 10.2. The van der Waals surface area contributed by atoms with E-state index in [1.807, 2.05) is 36.4 Å². The molecule has 2 aromatic rings. The van der Waals surface area contributed by atoms with Crippen LogP contribution < -0.4 is 0 Å². The number of allylic oxidation sites excluding steroid dienone is 2. The van der Waals surface area contributed by atoms with Gasteiger partial charge >= 0.3 is 0 Å². The van der Waals surface area contributed by atoms with Crippen molar-refractivity contribution in [2.75, 3.05) is 0 Å². The molecular formula is C19H13BrN2O4S. The maximum absolute atomic E-state index is 12.5. The number of nitro groups is 1. The molecule has 0 aromatic heterocycles. The number of hydrogen-bond donors (Lipinski definition) is 0. The molecule has 0 N–H and O–H groups in total. The SMILES string of the molecule is O=C1S/C(=C\C(Br)=C\c2ccccc2)C(=O)N1Cc1ccc([N+](=O)[O-])cc1. The number of carbonyl (C=O) groups excluding carboxylic acids is 2. The van der Waals surface area contributed by atoms with Crippen LogP contribution in [0.25, 0.3) is 6.08 Å². The molecule has 136 valence electrons. The van der Waals surface area contributed by atoms with Crippen molar-refractivity contribution in [3.05, 3.63) is 91.3 Å². The zero-order chi connectivity index (χ0) is 19.4. The summed E-state index contributed by atoms with van der Waals surface area (Å²) in [5, 5.41) is 10.3. The lowest BCUT2D eigenvalue weighted by Gasteiger charge is -2.12. The molecule has 27 heavy (non-hydrogen) atoms. The van der Waals surface area contributed by atoms with E-state index in [2.05, 4.69) is 15.9 Å². The number of hydrogen-bond acceptors (Lipinski definition) is 5. The molecule has 1 heterocycles. The Morgan fingerprint density at radius 2 is 1.78 bits per heavy atom. The summed E-state index contributed by atoms with van der Waals surface area (Å²) in [6.07, 6.45) is 3.47. The van der Waals surface area contributed by atoms with Gasteiger partial charge in [-0.25, -0.2) is 0 Å². The van der Waals surface area contributed by atoms with Gasteiger partial charge in [-0.1, -0.05) is 58.4 Å². The number of imide groups is 1. The second kappa shape index (κ2) is 8.32. The first-order valence-corrected chi connectivity index (χ1v) is 9.46. The summed E-state index contributed by atoms with van der Waals surface area (Å²) < 4.78 is 0.675. The van der Waals surface area contributed by atoms with E-state index in [-0.39, 0.29) is 23.4 Å². The smallest absolute Gasteiger partial charge is 0.268 e. The molecule has 0 atom stereocenters. The molecule has 0 spiro atoms. The minimum atomic E-state index is -0.497. The van der Waals surface area contributed by atoms with Crippen molar-refractivity contribution in [1.82, 2.24) is 4.90 Å². The van der Waals surface area contributed by atoms with Gasteiger partial charge in [-0.2, -0.15) is 0 Å². The number of rotatable bonds is 5. The van der Waals surface area contributed by atoms with Gasteiger partial charge in [0.15, 0.2) is 0 Å². The second-order valence-electron chi connectivity index (χ2n) is 5.63. The summed E-state index contributed by atoms with van der Waals surface area (Å²) in [6, 6.07) is 15.4. The van der Waals surface area contributed by atoms with Crippen LogP contribution in [0.2, 0.25) is 0 Å². The number of amides is 2. The molecular weight excluding hydrogens is 432 g/mol. The normalized spacial score (nSPS) is 16.3. The van der Waals surface area contributed by atoms with Crippen LogP contribution in [0, 0.1) is 10.1 Å². The third-order valence-electron chi connectivity index (χ3n) is 3.73. The fraction of sp³-hybridized carbons (Fsp3) is 0.0526. The van der Waals surface area contributed by atoms with Crippen molar-refractivity contribution in [2.24, 2.45) is 0 Å². The van der Waals surface area contributed by atoms with Crippen molar-refractivity contribution >= 4 is 50.6 Å². The largest absolute Gasteiger partial charge is 0.293 e. The highest BCUT2D eigenvalue weighted by Gasteiger charge is 2.35. The lowest BCUT2D eigenvalue weighted by molar-refractivity contribution is -0.384. The van der Waals surface area contributed by atoms with Crippen LogP contribution in [0.1, 0.15) is 11.1 Å². The fourth-order valence-corrected chi connectivity index (χ4v) is 3.89. The molecule has 8 heteroatoms. The molecule has 1 fully saturated rings. The van der Waals surface area contributed by atoms with Gasteiger partial charge in [-0.15, -0.1) is 0 Å². The summed E-state index contributed by atoms with van der Waals surface area (Å²) in [5.41, 5.74) is 1.57. The van der Waals surface area contributed by atoms with E-state index < -0.39 is 4.92 Å². The molecule has 1 aliphatic rings. The van der Waals surface area contributed by atoms with Crippen molar-refractivity contribution in [3.63, 3.8) is 0 Å². The number of halogens is 1. The van der Waals surface area contributed by atoms with Gasteiger partial charge in [0.1, 0.15) is 0 Å². The Kier molecular flexibility index (Phi) is 5.88. The molecule has 3 rings (SSSR count). The fourth-order valence-electron chi connectivity index (χ4n) is 2.42. The van der Waals surface area contributed by atoms with Gasteiger partial charge in [0.25, 0.3) is 16.8 Å². The van der Waals surface area contributed by atoms with E-state index >= 15 is 0 Å². The summed E-state index contributed by atoms with van der Waals surface area (Å²) in [6.45, 7) is 0.0695. The Bertz CT molecular complexity index is 955. The average molecular weight is 445 g/mol. The highest BCUT2D eigenvalue weighted by molar-refractivity contribution is 9.12. The molecule has 0 saturated carbocycles. The van der Waals surface area contributed by atoms with Crippen LogP contribution in [-0.2, 0) is 11.3 Å². The average Bonchev–Trinajstić information content (AvgIpc) is 2.90. The maximum atomic E-state index is 12.5. The van der Waals surface area contributed by atoms with Crippen LogP contribution in [0.5, 0.6) is 0 Å². The first-order chi connectivity index (χ1) is 12.9. The molecule has 2 amide bonds.